The van der Waals surface area contributed by atoms with Crippen LogP contribution in [0.3, 0.4) is 0 Å². The zero-order chi connectivity index (χ0) is 28.4. The summed E-state index contributed by atoms with van der Waals surface area (Å²) < 4.78 is 34.3. The first kappa shape index (κ1) is 29.7. The average molecular weight is 552 g/mol. The molecule has 0 aliphatic heterocycles. The Morgan fingerprint density at radius 1 is 0.872 bits per heavy atom. The second-order valence-electron chi connectivity index (χ2n) is 9.35. The minimum atomic E-state index is -4.13. The van der Waals surface area contributed by atoms with Gasteiger partial charge in [-0.05, 0) is 69.2 Å². The van der Waals surface area contributed by atoms with E-state index in [1.54, 1.807) is 42.5 Å². The first-order valence-corrected chi connectivity index (χ1v) is 14.6. The summed E-state index contributed by atoms with van der Waals surface area (Å²) in [5.74, 6) is -0.213. The molecule has 0 aromatic heterocycles. The summed E-state index contributed by atoms with van der Waals surface area (Å²) in [6.07, 6.45) is 0.369. The maximum absolute atomic E-state index is 14.0. The topological polar surface area (TPSA) is 96.0 Å². The standard InChI is InChI=1S/C30H37N3O5S/c1-5-28(30(35)31-23(3)4)32(21-24-13-9-7-10-14-24)29(34)22-33(25-15-11-8-12-16-25)39(36,37)27-19-17-26(18-20-27)38-6-2/h7-20,23,28H,5-6,21-22H2,1-4H3,(H,31,35)/t28-/m0/s1. The molecule has 0 aliphatic carbocycles. The molecule has 3 aromatic carbocycles. The fourth-order valence-corrected chi connectivity index (χ4v) is 5.62. The second kappa shape index (κ2) is 13.8. The molecular weight excluding hydrogens is 514 g/mol. The van der Waals surface area contributed by atoms with Crippen molar-refractivity contribution in [1.29, 1.82) is 0 Å². The van der Waals surface area contributed by atoms with Crippen molar-refractivity contribution in [2.45, 2.75) is 57.6 Å². The van der Waals surface area contributed by atoms with Crippen molar-refractivity contribution in [2.24, 2.45) is 0 Å². The Hall–Kier alpha value is -3.85. The predicted molar refractivity (Wildman–Crippen MR) is 153 cm³/mol. The molecule has 0 unspecified atom stereocenters. The number of rotatable bonds is 13. The van der Waals surface area contributed by atoms with Gasteiger partial charge in [-0.1, -0.05) is 55.5 Å². The van der Waals surface area contributed by atoms with Gasteiger partial charge in [-0.3, -0.25) is 13.9 Å². The van der Waals surface area contributed by atoms with Gasteiger partial charge in [0.25, 0.3) is 10.0 Å². The third kappa shape index (κ3) is 7.83. The highest BCUT2D eigenvalue weighted by atomic mass is 32.2. The van der Waals surface area contributed by atoms with Crippen molar-refractivity contribution in [3.8, 4) is 5.75 Å². The molecule has 0 heterocycles. The molecule has 0 radical (unpaired) electrons. The highest BCUT2D eigenvalue weighted by molar-refractivity contribution is 7.92. The lowest BCUT2D eigenvalue weighted by Gasteiger charge is -2.33. The van der Waals surface area contributed by atoms with Crippen molar-refractivity contribution in [2.75, 3.05) is 17.5 Å². The van der Waals surface area contributed by atoms with Crippen LogP contribution in [0.25, 0.3) is 0 Å². The SMILES string of the molecule is CCOc1ccc(S(=O)(=O)N(CC(=O)N(Cc2ccccc2)[C@@H](CC)C(=O)NC(C)C)c2ccccc2)cc1. The molecule has 0 bridgehead atoms. The van der Waals surface area contributed by atoms with Crippen LogP contribution in [0.2, 0.25) is 0 Å². The summed E-state index contributed by atoms with van der Waals surface area (Å²) in [4.78, 5) is 28.6. The molecule has 0 fully saturated rings. The molecule has 9 heteroatoms. The first-order chi connectivity index (χ1) is 18.7. The van der Waals surface area contributed by atoms with Crippen molar-refractivity contribution >= 4 is 27.5 Å². The number of carbonyl (C=O) groups excluding carboxylic acids is 2. The van der Waals surface area contributed by atoms with Gasteiger partial charge in [0.15, 0.2) is 0 Å². The number of amides is 2. The molecule has 8 nitrogen and oxygen atoms in total. The van der Waals surface area contributed by atoms with E-state index >= 15 is 0 Å². The van der Waals surface area contributed by atoms with E-state index < -0.39 is 28.5 Å². The van der Waals surface area contributed by atoms with Crippen LogP contribution >= 0.6 is 0 Å². The number of para-hydroxylation sites is 1. The average Bonchev–Trinajstić information content (AvgIpc) is 2.92. The molecule has 0 spiro atoms. The van der Waals surface area contributed by atoms with Crippen molar-refractivity contribution < 1.29 is 22.7 Å². The van der Waals surface area contributed by atoms with Crippen LogP contribution in [0, 0.1) is 0 Å². The fourth-order valence-electron chi connectivity index (χ4n) is 4.21. The molecule has 0 saturated heterocycles. The molecule has 208 valence electrons. The summed E-state index contributed by atoms with van der Waals surface area (Å²) in [5, 5.41) is 2.90. The van der Waals surface area contributed by atoms with E-state index in [1.807, 2.05) is 58.0 Å². The van der Waals surface area contributed by atoms with Crippen LogP contribution in [0.15, 0.2) is 89.8 Å². The molecule has 0 saturated carbocycles. The zero-order valence-corrected chi connectivity index (χ0v) is 23.7. The molecular formula is C30H37N3O5S. The quantitative estimate of drug-likeness (QED) is 0.335. The third-order valence-electron chi connectivity index (χ3n) is 6.06. The third-order valence-corrected chi connectivity index (χ3v) is 7.85. The van der Waals surface area contributed by atoms with Gasteiger partial charge in [0, 0.05) is 12.6 Å². The molecule has 0 aliphatic rings. The van der Waals surface area contributed by atoms with Crippen LogP contribution in [-0.2, 0) is 26.2 Å². The largest absolute Gasteiger partial charge is 0.494 e. The van der Waals surface area contributed by atoms with E-state index in [2.05, 4.69) is 5.32 Å². The summed E-state index contributed by atoms with van der Waals surface area (Å²) in [6.45, 7) is 7.54. The Morgan fingerprint density at radius 2 is 1.46 bits per heavy atom. The van der Waals surface area contributed by atoms with Gasteiger partial charge < -0.3 is 15.0 Å². The minimum Gasteiger partial charge on any atom is -0.494 e. The number of nitrogens with one attached hydrogen (secondary N) is 1. The summed E-state index contributed by atoms with van der Waals surface area (Å²) >= 11 is 0. The van der Waals surface area contributed by atoms with Crippen molar-refractivity contribution in [1.82, 2.24) is 10.2 Å². The van der Waals surface area contributed by atoms with E-state index in [0.717, 1.165) is 9.87 Å². The highest BCUT2D eigenvalue weighted by Gasteiger charge is 2.33. The Kier molecular flexibility index (Phi) is 10.5. The maximum atomic E-state index is 14.0. The molecule has 2 amide bonds. The number of carbonyl (C=O) groups is 2. The monoisotopic (exact) mass is 551 g/mol. The van der Waals surface area contributed by atoms with E-state index in [9.17, 15) is 18.0 Å². The number of ether oxygens (including phenoxy) is 1. The van der Waals surface area contributed by atoms with Gasteiger partial charge in [0.2, 0.25) is 11.8 Å². The summed E-state index contributed by atoms with van der Waals surface area (Å²) in [6, 6.07) is 23.1. The maximum Gasteiger partial charge on any atom is 0.264 e. The first-order valence-electron chi connectivity index (χ1n) is 13.1. The zero-order valence-electron chi connectivity index (χ0n) is 22.9. The normalized spacial score (nSPS) is 12.0. The van der Waals surface area contributed by atoms with E-state index in [4.69, 9.17) is 4.74 Å². The Morgan fingerprint density at radius 3 is 2.00 bits per heavy atom. The van der Waals surface area contributed by atoms with Gasteiger partial charge in [-0.15, -0.1) is 0 Å². The molecule has 1 atom stereocenters. The number of sulfonamides is 1. The fraction of sp³-hybridized carbons (Fsp3) is 0.333. The predicted octanol–water partition coefficient (Wildman–Crippen LogP) is 4.61. The Bertz CT molecular complexity index is 1310. The van der Waals surface area contributed by atoms with Crippen LogP contribution in [0.5, 0.6) is 5.75 Å². The van der Waals surface area contributed by atoms with Crippen LogP contribution in [0.4, 0.5) is 5.69 Å². The minimum absolute atomic E-state index is 0.0295. The Balaban J connectivity index is 2.01. The lowest BCUT2D eigenvalue weighted by Crippen LogP contribution is -2.53. The number of anilines is 1. The Labute approximate surface area is 231 Å². The van der Waals surface area contributed by atoms with Crippen molar-refractivity contribution in [3.05, 3.63) is 90.5 Å². The van der Waals surface area contributed by atoms with Gasteiger partial charge >= 0.3 is 0 Å². The smallest absolute Gasteiger partial charge is 0.264 e. The number of benzene rings is 3. The van der Waals surface area contributed by atoms with Gasteiger partial charge in [0.05, 0.1) is 17.2 Å². The lowest BCUT2D eigenvalue weighted by molar-refractivity contribution is -0.140. The van der Waals surface area contributed by atoms with Crippen LogP contribution < -0.4 is 14.4 Å². The van der Waals surface area contributed by atoms with E-state index in [-0.39, 0.29) is 23.4 Å². The van der Waals surface area contributed by atoms with E-state index in [0.29, 0.717) is 24.5 Å². The summed E-state index contributed by atoms with van der Waals surface area (Å²) in [5.41, 5.74) is 1.18. The lowest BCUT2D eigenvalue weighted by atomic mass is 10.1. The second-order valence-corrected chi connectivity index (χ2v) is 11.2. The molecule has 1 N–H and O–H groups in total. The van der Waals surface area contributed by atoms with E-state index in [1.165, 1.54) is 17.0 Å². The number of hydrogen-bond acceptors (Lipinski definition) is 5. The number of hydrogen-bond donors (Lipinski definition) is 1. The van der Waals surface area contributed by atoms with Gasteiger partial charge in [-0.2, -0.15) is 0 Å². The van der Waals surface area contributed by atoms with Crippen LogP contribution in [-0.4, -0.2) is 50.4 Å². The van der Waals surface area contributed by atoms with Gasteiger partial charge in [-0.25, -0.2) is 8.42 Å². The molecule has 3 rings (SSSR count). The summed E-state index contributed by atoms with van der Waals surface area (Å²) in [7, 11) is -4.13. The highest BCUT2D eigenvalue weighted by Crippen LogP contribution is 2.26. The number of nitrogens with zero attached hydrogens (tertiary/aromatic N) is 2. The van der Waals surface area contributed by atoms with Crippen molar-refractivity contribution in [3.63, 3.8) is 0 Å². The molecule has 3 aromatic rings. The van der Waals surface area contributed by atoms with Gasteiger partial charge in [0.1, 0.15) is 18.3 Å². The van der Waals surface area contributed by atoms with Crippen LogP contribution in [0.1, 0.15) is 39.7 Å². The molecule has 39 heavy (non-hydrogen) atoms.